The minimum atomic E-state index is 0.708. The smallest absolute Gasteiger partial charge is 0.123 e. The molecule has 0 spiro atoms. The molecule has 0 saturated heterocycles. The van der Waals surface area contributed by atoms with Crippen molar-refractivity contribution in [2.75, 3.05) is 26.7 Å². The summed E-state index contributed by atoms with van der Waals surface area (Å²) in [5.74, 6) is 1.87. The average molecular weight is 260 g/mol. The number of hydrogen-bond donors (Lipinski definition) is 1. The number of rotatable bonds is 3. The molecule has 1 aromatic carbocycles. The first kappa shape index (κ1) is 12.9. The Morgan fingerprint density at radius 2 is 2.21 bits per heavy atom. The van der Waals surface area contributed by atoms with Crippen molar-refractivity contribution < 1.29 is 4.74 Å². The van der Waals surface area contributed by atoms with Gasteiger partial charge in [0.15, 0.2) is 0 Å². The minimum absolute atomic E-state index is 0.708. The fraction of sp³-hybridized carbons (Fsp3) is 0.625. The van der Waals surface area contributed by atoms with Gasteiger partial charge in [-0.05, 0) is 31.9 Å². The maximum absolute atomic E-state index is 5.84. The van der Waals surface area contributed by atoms with Gasteiger partial charge in [0.05, 0.1) is 0 Å². The van der Waals surface area contributed by atoms with Gasteiger partial charge in [0.25, 0.3) is 0 Å². The topological polar surface area (TPSA) is 24.5 Å². The van der Waals surface area contributed by atoms with Crippen molar-refractivity contribution in [1.82, 2.24) is 10.2 Å². The van der Waals surface area contributed by atoms with Crippen LogP contribution in [0.5, 0.6) is 5.75 Å². The second-order valence-corrected chi connectivity index (χ2v) is 5.78. The first-order chi connectivity index (χ1) is 9.36. The molecule has 0 amide bonds. The predicted octanol–water partition coefficient (Wildman–Crippen LogP) is 2.27. The Balaban J connectivity index is 1.66. The van der Waals surface area contributed by atoms with E-state index in [-0.39, 0.29) is 0 Å². The highest BCUT2D eigenvalue weighted by Gasteiger charge is 2.28. The molecule has 0 aromatic heterocycles. The number of ether oxygens (including phenoxy) is 1. The summed E-state index contributed by atoms with van der Waals surface area (Å²) in [5, 5.41) is 3.48. The van der Waals surface area contributed by atoms with Crippen LogP contribution >= 0.6 is 0 Å². The molecule has 0 radical (unpaired) electrons. The lowest BCUT2D eigenvalue weighted by Crippen LogP contribution is -2.38. The molecule has 0 bridgehead atoms. The van der Waals surface area contributed by atoms with E-state index >= 15 is 0 Å². The zero-order valence-corrected chi connectivity index (χ0v) is 11.8. The minimum Gasteiger partial charge on any atom is -0.492 e. The van der Waals surface area contributed by atoms with Crippen LogP contribution in [-0.4, -0.2) is 37.7 Å². The SMILES string of the molecule is CNC1CCCC1CN1CCOc2ccccc2C1. The van der Waals surface area contributed by atoms with Gasteiger partial charge in [0.1, 0.15) is 12.4 Å². The summed E-state index contributed by atoms with van der Waals surface area (Å²) in [6.45, 7) is 4.09. The summed E-state index contributed by atoms with van der Waals surface area (Å²) in [6.07, 6.45) is 4.07. The summed E-state index contributed by atoms with van der Waals surface area (Å²) >= 11 is 0. The maximum Gasteiger partial charge on any atom is 0.123 e. The molecule has 2 atom stereocenters. The predicted molar refractivity (Wildman–Crippen MR) is 77.4 cm³/mol. The average Bonchev–Trinajstić information content (AvgIpc) is 2.77. The number of nitrogens with zero attached hydrogens (tertiary/aromatic N) is 1. The highest BCUT2D eigenvalue weighted by molar-refractivity contribution is 5.33. The van der Waals surface area contributed by atoms with Crippen molar-refractivity contribution in [3.05, 3.63) is 29.8 Å². The Morgan fingerprint density at radius 1 is 1.32 bits per heavy atom. The van der Waals surface area contributed by atoms with Gasteiger partial charge in [-0.25, -0.2) is 0 Å². The van der Waals surface area contributed by atoms with E-state index < -0.39 is 0 Å². The summed E-state index contributed by atoms with van der Waals surface area (Å²) in [5.41, 5.74) is 1.33. The van der Waals surface area contributed by atoms with Crippen LogP contribution in [0.25, 0.3) is 0 Å². The Kier molecular flexibility index (Phi) is 4.04. The molecule has 2 aliphatic rings. The van der Waals surface area contributed by atoms with Crippen molar-refractivity contribution in [2.24, 2.45) is 5.92 Å². The molecule has 1 fully saturated rings. The van der Waals surface area contributed by atoms with Crippen molar-refractivity contribution in [3.63, 3.8) is 0 Å². The van der Waals surface area contributed by atoms with E-state index in [9.17, 15) is 0 Å². The number of nitrogens with one attached hydrogen (secondary N) is 1. The van der Waals surface area contributed by atoms with Gasteiger partial charge in [0, 0.05) is 31.2 Å². The second-order valence-electron chi connectivity index (χ2n) is 5.78. The third-order valence-electron chi connectivity index (χ3n) is 4.55. The maximum atomic E-state index is 5.84. The van der Waals surface area contributed by atoms with Gasteiger partial charge in [-0.3, -0.25) is 4.90 Å². The molecule has 1 aliphatic carbocycles. The summed E-state index contributed by atoms with van der Waals surface area (Å²) in [4.78, 5) is 2.56. The Morgan fingerprint density at radius 3 is 3.11 bits per heavy atom. The first-order valence-corrected chi connectivity index (χ1v) is 7.47. The van der Waals surface area contributed by atoms with Crippen LogP contribution < -0.4 is 10.1 Å². The standard InChI is InChI=1S/C16H24N2O/c1-17-15-7-4-6-13(15)11-18-9-10-19-16-8-3-2-5-14(16)12-18/h2-3,5,8,13,15,17H,4,6-7,9-12H2,1H3. The first-order valence-electron chi connectivity index (χ1n) is 7.47. The van der Waals surface area contributed by atoms with Crippen LogP contribution in [0.3, 0.4) is 0 Å². The van der Waals surface area contributed by atoms with E-state index in [4.69, 9.17) is 4.74 Å². The van der Waals surface area contributed by atoms with Crippen LogP contribution in [0.1, 0.15) is 24.8 Å². The van der Waals surface area contributed by atoms with Crippen molar-refractivity contribution in [2.45, 2.75) is 31.8 Å². The molecule has 3 rings (SSSR count). The van der Waals surface area contributed by atoms with E-state index in [0.29, 0.717) is 6.04 Å². The molecule has 3 heteroatoms. The summed E-state index contributed by atoms with van der Waals surface area (Å²) in [6, 6.07) is 9.16. The highest BCUT2D eigenvalue weighted by Crippen LogP contribution is 2.28. The molecule has 19 heavy (non-hydrogen) atoms. The molecule has 104 valence electrons. The van der Waals surface area contributed by atoms with Gasteiger partial charge in [-0.15, -0.1) is 0 Å². The second kappa shape index (κ2) is 5.93. The van der Waals surface area contributed by atoms with Crippen molar-refractivity contribution in [1.29, 1.82) is 0 Å². The van der Waals surface area contributed by atoms with Gasteiger partial charge in [-0.1, -0.05) is 24.6 Å². The molecule has 1 heterocycles. The largest absolute Gasteiger partial charge is 0.492 e. The molecule has 1 aliphatic heterocycles. The van der Waals surface area contributed by atoms with Gasteiger partial charge in [0.2, 0.25) is 0 Å². The Bertz CT molecular complexity index is 421. The van der Waals surface area contributed by atoms with Gasteiger partial charge >= 0.3 is 0 Å². The Hall–Kier alpha value is -1.06. The highest BCUT2D eigenvalue weighted by atomic mass is 16.5. The Labute approximate surface area is 115 Å². The van der Waals surface area contributed by atoms with E-state index in [1.54, 1.807) is 0 Å². The van der Waals surface area contributed by atoms with E-state index in [1.165, 1.54) is 31.4 Å². The van der Waals surface area contributed by atoms with E-state index in [0.717, 1.165) is 31.4 Å². The lowest BCUT2D eigenvalue weighted by Gasteiger charge is -2.27. The normalized spacial score (nSPS) is 27.6. The van der Waals surface area contributed by atoms with Crippen molar-refractivity contribution >= 4 is 0 Å². The van der Waals surface area contributed by atoms with Gasteiger partial charge in [-0.2, -0.15) is 0 Å². The van der Waals surface area contributed by atoms with Crippen LogP contribution in [0.4, 0.5) is 0 Å². The number of hydrogen-bond acceptors (Lipinski definition) is 3. The third kappa shape index (κ3) is 2.93. The molecule has 3 nitrogen and oxygen atoms in total. The number of benzene rings is 1. The zero-order chi connectivity index (χ0) is 13.1. The van der Waals surface area contributed by atoms with Crippen LogP contribution in [0.2, 0.25) is 0 Å². The fourth-order valence-corrected chi connectivity index (χ4v) is 3.50. The van der Waals surface area contributed by atoms with Crippen LogP contribution in [0, 0.1) is 5.92 Å². The number of fused-ring (bicyclic) bond motifs is 1. The van der Waals surface area contributed by atoms with E-state index in [1.807, 2.05) is 0 Å². The lowest BCUT2D eigenvalue weighted by atomic mass is 10.0. The summed E-state index contributed by atoms with van der Waals surface area (Å²) in [7, 11) is 2.10. The van der Waals surface area contributed by atoms with Crippen molar-refractivity contribution in [3.8, 4) is 5.75 Å². The monoisotopic (exact) mass is 260 g/mol. The lowest BCUT2D eigenvalue weighted by molar-refractivity contribution is 0.188. The molecule has 2 unspecified atom stereocenters. The molecular weight excluding hydrogens is 236 g/mol. The van der Waals surface area contributed by atoms with Gasteiger partial charge < -0.3 is 10.1 Å². The van der Waals surface area contributed by atoms with Crippen LogP contribution in [0.15, 0.2) is 24.3 Å². The number of para-hydroxylation sites is 1. The van der Waals surface area contributed by atoms with E-state index in [2.05, 4.69) is 41.5 Å². The quantitative estimate of drug-likeness (QED) is 0.902. The molecule has 1 N–H and O–H groups in total. The van der Waals surface area contributed by atoms with Crippen LogP contribution in [-0.2, 0) is 6.54 Å². The fourth-order valence-electron chi connectivity index (χ4n) is 3.50. The molecule has 1 saturated carbocycles. The third-order valence-corrected chi connectivity index (χ3v) is 4.55. The molecular formula is C16H24N2O. The summed E-state index contributed by atoms with van der Waals surface area (Å²) < 4.78 is 5.84. The molecule has 1 aromatic rings. The zero-order valence-electron chi connectivity index (χ0n) is 11.8.